The number of nitrogens with one attached hydrogen (secondary N) is 1. The van der Waals surface area contributed by atoms with Crippen LogP contribution in [0.4, 0.5) is 0 Å². The lowest BCUT2D eigenvalue weighted by atomic mass is 9.95. The van der Waals surface area contributed by atoms with Crippen LogP contribution < -0.4 is 14.8 Å². The minimum absolute atomic E-state index is 0.0213. The topological polar surface area (TPSA) is 81.7 Å². The van der Waals surface area contributed by atoms with Crippen LogP contribution in [0.5, 0.6) is 11.5 Å². The molecule has 1 atom stereocenters. The number of carbonyl (C=O) groups excluding carboxylic acids is 3. The van der Waals surface area contributed by atoms with Crippen molar-refractivity contribution in [2.24, 2.45) is 0 Å². The van der Waals surface area contributed by atoms with E-state index in [9.17, 15) is 14.4 Å². The van der Waals surface area contributed by atoms with Gasteiger partial charge in [-0.1, -0.05) is 30.3 Å². The van der Waals surface area contributed by atoms with Gasteiger partial charge in [0.25, 0.3) is 5.91 Å². The predicted octanol–water partition coefficient (Wildman–Crippen LogP) is 4.26. The molecule has 0 saturated heterocycles. The molecule has 0 bridgehead atoms. The number of hydrogen-bond acceptors (Lipinski definition) is 5. The monoisotopic (exact) mass is 443 g/mol. The van der Waals surface area contributed by atoms with Gasteiger partial charge in [-0.2, -0.15) is 0 Å². The molecule has 1 aliphatic rings. The lowest BCUT2D eigenvalue weighted by Gasteiger charge is -2.12. The summed E-state index contributed by atoms with van der Waals surface area (Å²) in [6.07, 6.45) is 0.496. The zero-order valence-electron chi connectivity index (χ0n) is 18.6. The van der Waals surface area contributed by atoms with Gasteiger partial charge in [-0.3, -0.25) is 14.4 Å². The highest BCUT2D eigenvalue weighted by Crippen LogP contribution is 2.34. The highest BCUT2D eigenvalue weighted by Gasteiger charge is 2.24. The molecule has 0 aliphatic carbocycles. The van der Waals surface area contributed by atoms with Crippen LogP contribution in [0.25, 0.3) is 11.1 Å². The average molecular weight is 443 g/mol. The van der Waals surface area contributed by atoms with Gasteiger partial charge in [0.15, 0.2) is 18.2 Å². The lowest BCUT2D eigenvalue weighted by molar-refractivity contribution is -0.123. The maximum Gasteiger partial charge on any atom is 0.258 e. The van der Waals surface area contributed by atoms with Crippen molar-refractivity contribution in [3.63, 3.8) is 0 Å². The second kappa shape index (κ2) is 9.69. The van der Waals surface area contributed by atoms with Crippen LogP contribution in [-0.2, 0) is 11.2 Å². The van der Waals surface area contributed by atoms with Crippen molar-refractivity contribution >= 4 is 17.5 Å². The zero-order chi connectivity index (χ0) is 23.4. The van der Waals surface area contributed by atoms with E-state index < -0.39 is 0 Å². The fraction of sp³-hybridized carbons (Fsp3) is 0.222. The molecule has 168 valence electrons. The van der Waals surface area contributed by atoms with Crippen LogP contribution in [-0.4, -0.2) is 36.7 Å². The Hall–Kier alpha value is -3.93. The molecule has 1 amide bonds. The van der Waals surface area contributed by atoms with E-state index in [1.165, 1.54) is 6.92 Å². The molecule has 4 rings (SSSR count). The van der Waals surface area contributed by atoms with Crippen molar-refractivity contribution in [1.29, 1.82) is 0 Å². The van der Waals surface area contributed by atoms with Gasteiger partial charge in [0.05, 0.1) is 6.54 Å². The Labute approximate surface area is 192 Å². The summed E-state index contributed by atoms with van der Waals surface area (Å²) >= 11 is 0. The second-order valence-electron chi connectivity index (χ2n) is 8.04. The summed E-state index contributed by atoms with van der Waals surface area (Å²) in [7, 11) is 0. The Morgan fingerprint density at radius 2 is 1.73 bits per heavy atom. The van der Waals surface area contributed by atoms with Gasteiger partial charge >= 0.3 is 0 Å². The number of rotatable bonds is 8. The molecular weight excluding hydrogens is 418 g/mol. The summed E-state index contributed by atoms with van der Waals surface area (Å²) in [6, 6.07) is 20.1. The number of Topliss-reactive ketones (excluding diaryl/α,β-unsaturated/α-hetero) is 2. The molecule has 0 saturated carbocycles. The summed E-state index contributed by atoms with van der Waals surface area (Å²) in [4.78, 5) is 35.5. The number of fused-ring (bicyclic) bond motifs is 1. The van der Waals surface area contributed by atoms with Crippen molar-refractivity contribution in [3.05, 3.63) is 83.4 Å². The van der Waals surface area contributed by atoms with E-state index >= 15 is 0 Å². The number of ether oxygens (including phenoxy) is 2. The third-order valence-electron chi connectivity index (χ3n) is 5.58. The van der Waals surface area contributed by atoms with Crippen LogP contribution in [0.2, 0.25) is 0 Å². The lowest BCUT2D eigenvalue weighted by Crippen LogP contribution is -2.37. The van der Waals surface area contributed by atoms with E-state index in [4.69, 9.17) is 9.47 Å². The number of carbonyl (C=O) groups is 3. The molecule has 3 aromatic rings. The standard InChI is InChI=1S/C27H25NO5/c1-17(29)19-7-10-22(11-8-19)32-16-27(31)28-15-23-14-21-13-20(9-12-26(21)33-23)25-6-4-3-5-24(25)18(2)30/h3-13,23H,14-16H2,1-2H3,(H,28,31)/t23-/m0/s1. The summed E-state index contributed by atoms with van der Waals surface area (Å²) < 4.78 is 11.5. The van der Waals surface area contributed by atoms with Crippen molar-refractivity contribution < 1.29 is 23.9 Å². The van der Waals surface area contributed by atoms with Crippen molar-refractivity contribution in [2.45, 2.75) is 26.4 Å². The quantitative estimate of drug-likeness (QED) is 0.526. The third-order valence-corrected chi connectivity index (χ3v) is 5.58. The predicted molar refractivity (Wildman–Crippen MR) is 125 cm³/mol. The van der Waals surface area contributed by atoms with E-state index in [0.717, 1.165) is 22.4 Å². The van der Waals surface area contributed by atoms with Crippen LogP contribution >= 0.6 is 0 Å². The zero-order valence-corrected chi connectivity index (χ0v) is 18.6. The van der Waals surface area contributed by atoms with E-state index in [1.54, 1.807) is 31.2 Å². The minimum atomic E-state index is -0.249. The van der Waals surface area contributed by atoms with Gasteiger partial charge in [-0.25, -0.2) is 0 Å². The molecule has 33 heavy (non-hydrogen) atoms. The molecule has 6 nitrogen and oxygen atoms in total. The Balaban J connectivity index is 1.31. The number of ketones is 2. The molecular formula is C27H25NO5. The maximum absolute atomic E-state index is 12.2. The first kappa shape index (κ1) is 22.3. The fourth-order valence-corrected chi connectivity index (χ4v) is 3.86. The average Bonchev–Trinajstić information content (AvgIpc) is 3.24. The number of amides is 1. The smallest absolute Gasteiger partial charge is 0.258 e. The van der Waals surface area contributed by atoms with E-state index in [0.29, 0.717) is 29.8 Å². The Morgan fingerprint density at radius 3 is 2.45 bits per heavy atom. The second-order valence-corrected chi connectivity index (χ2v) is 8.04. The molecule has 1 N–H and O–H groups in total. The maximum atomic E-state index is 12.2. The molecule has 0 fully saturated rings. The first-order valence-corrected chi connectivity index (χ1v) is 10.8. The van der Waals surface area contributed by atoms with Gasteiger partial charge in [0.1, 0.15) is 17.6 Å². The molecule has 0 radical (unpaired) electrons. The molecule has 3 aromatic carbocycles. The van der Waals surface area contributed by atoms with E-state index in [1.807, 2.05) is 42.5 Å². The normalized spacial score (nSPS) is 14.2. The van der Waals surface area contributed by atoms with Gasteiger partial charge in [0.2, 0.25) is 0 Å². The Morgan fingerprint density at radius 1 is 0.970 bits per heavy atom. The Bertz CT molecular complexity index is 1200. The van der Waals surface area contributed by atoms with Gasteiger partial charge in [-0.05, 0) is 66.9 Å². The summed E-state index contributed by atoms with van der Waals surface area (Å²) in [5, 5.41) is 2.84. The first-order chi connectivity index (χ1) is 15.9. The van der Waals surface area contributed by atoms with Gasteiger partial charge in [0, 0.05) is 17.5 Å². The SMILES string of the molecule is CC(=O)c1ccc(OCC(=O)NC[C@@H]2Cc3cc(-c4ccccc4C(C)=O)ccc3O2)cc1. The van der Waals surface area contributed by atoms with Crippen LogP contribution in [0.15, 0.2) is 66.7 Å². The fourth-order valence-electron chi connectivity index (χ4n) is 3.86. The molecule has 1 heterocycles. The largest absolute Gasteiger partial charge is 0.488 e. The molecule has 0 aromatic heterocycles. The van der Waals surface area contributed by atoms with Gasteiger partial charge in [-0.15, -0.1) is 0 Å². The molecule has 0 spiro atoms. The summed E-state index contributed by atoms with van der Waals surface area (Å²) in [6.45, 7) is 3.31. The minimum Gasteiger partial charge on any atom is -0.488 e. The highest BCUT2D eigenvalue weighted by atomic mass is 16.5. The van der Waals surface area contributed by atoms with E-state index in [2.05, 4.69) is 5.32 Å². The summed E-state index contributed by atoms with van der Waals surface area (Å²) in [5.74, 6) is 1.08. The molecule has 1 aliphatic heterocycles. The van der Waals surface area contributed by atoms with E-state index in [-0.39, 0.29) is 30.2 Å². The van der Waals surface area contributed by atoms with Crippen molar-refractivity contribution in [3.8, 4) is 22.6 Å². The number of benzene rings is 3. The first-order valence-electron chi connectivity index (χ1n) is 10.8. The van der Waals surface area contributed by atoms with Crippen molar-refractivity contribution in [2.75, 3.05) is 13.2 Å². The van der Waals surface area contributed by atoms with Crippen LogP contribution in [0.1, 0.15) is 40.1 Å². The highest BCUT2D eigenvalue weighted by molar-refractivity contribution is 6.00. The third kappa shape index (κ3) is 5.29. The Kier molecular flexibility index (Phi) is 6.54. The number of hydrogen-bond donors (Lipinski definition) is 1. The van der Waals surface area contributed by atoms with Crippen molar-refractivity contribution in [1.82, 2.24) is 5.32 Å². The molecule has 6 heteroatoms. The van der Waals surface area contributed by atoms with Gasteiger partial charge < -0.3 is 14.8 Å². The van der Waals surface area contributed by atoms with Crippen LogP contribution in [0.3, 0.4) is 0 Å². The summed E-state index contributed by atoms with van der Waals surface area (Å²) in [5.41, 5.74) is 4.20. The van der Waals surface area contributed by atoms with Crippen LogP contribution in [0, 0.1) is 0 Å². The molecule has 0 unspecified atom stereocenters.